The van der Waals surface area contributed by atoms with Gasteiger partial charge in [0.05, 0.1) is 0 Å². The smallest absolute Gasteiger partial charge is 0.0318 e. The molecule has 0 N–H and O–H groups in total. The summed E-state index contributed by atoms with van der Waals surface area (Å²) in [5.41, 5.74) is 0. The highest BCUT2D eigenvalue weighted by Gasteiger charge is 2.65. The minimum absolute atomic E-state index is 1.07. The van der Waals surface area contributed by atoms with E-state index in [-0.39, 0.29) is 0 Å². The molecule has 0 amide bonds. The summed E-state index contributed by atoms with van der Waals surface area (Å²) in [4.78, 5) is 0. The molecular weight excluding hydrogens is 240 g/mol. The molecule has 9 atom stereocenters. The second-order valence-corrected chi connectivity index (χ2v) is 8.80. The van der Waals surface area contributed by atoms with Crippen LogP contribution in [-0.4, -0.2) is 0 Å². The van der Waals surface area contributed by atoms with Crippen molar-refractivity contribution in [1.29, 1.82) is 0 Å². The van der Waals surface area contributed by atoms with E-state index in [0.717, 1.165) is 41.4 Å². The average Bonchev–Trinajstić information content (AvgIpc) is 3.16. The zero-order valence-electron chi connectivity index (χ0n) is 13.9. The minimum Gasteiger partial charge on any atom is -0.0654 e. The second-order valence-electron chi connectivity index (χ2n) is 8.80. The largest absolute Gasteiger partial charge is 0.0654 e. The van der Waals surface area contributed by atoms with E-state index in [9.17, 15) is 0 Å². The molecule has 0 heteroatoms. The normalized spacial score (nSPS) is 55.6. The van der Waals surface area contributed by atoms with Gasteiger partial charge in [-0.05, 0) is 78.9 Å². The van der Waals surface area contributed by atoms with Gasteiger partial charge in [0, 0.05) is 0 Å². The van der Waals surface area contributed by atoms with Gasteiger partial charge in [0.25, 0.3) is 0 Å². The number of hydrogen-bond donors (Lipinski definition) is 0. The van der Waals surface area contributed by atoms with Crippen molar-refractivity contribution >= 4 is 0 Å². The number of rotatable bonds is 5. The highest BCUT2D eigenvalue weighted by molar-refractivity contribution is 5.14. The Labute approximate surface area is 126 Å². The lowest BCUT2D eigenvalue weighted by Crippen LogP contribution is -2.39. The Morgan fingerprint density at radius 1 is 0.850 bits per heavy atom. The van der Waals surface area contributed by atoms with E-state index in [1.54, 1.807) is 25.7 Å². The highest BCUT2D eigenvalue weighted by Crippen LogP contribution is 2.72. The van der Waals surface area contributed by atoms with E-state index in [1.807, 2.05) is 0 Å². The summed E-state index contributed by atoms with van der Waals surface area (Å²) < 4.78 is 0. The summed E-state index contributed by atoms with van der Waals surface area (Å²) in [6.07, 6.45) is 12.3. The first kappa shape index (κ1) is 13.6. The van der Waals surface area contributed by atoms with E-state index in [4.69, 9.17) is 0 Å². The molecule has 0 radical (unpaired) electrons. The zero-order chi connectivity index (χ0) is 13.9. The SMILES string of the molecule is CCCCCC1C(C)C2CC1C1C3CC(CC3CC)C21. The van der Waals surface area contributed by atoms with Crippen LogP contribution >= 0.6 is 0 Å². The van der Waals surface area contributed by atoms with E-state index >= 15 is 0 Å². The monoisotopic (exact) mass is 274 g/mol. The summed E-state index contributed by atoms with van der Waals surface area (Å²) in [5, 5.41) is 0. The van der Waals surface area contributed by atoms with Crippen LogP contribution in [0.25, 0.3) is 0 Å². The van der Waals surface area contributed by atoms with Gasteiger partial charge in [-0.3, -0.25) is 0 Å². The molecule has 0 saturated heterocycles. The minimum atomic E-state index is 1.07. The van der Waals surface area contributed by atoms with Crippen molar-refractivity contribution < 1.29 is 0 Å². The van der Waals surface area contributed by atoms with Crippen LogP contribution in [0.5, 0.6) is 0 Å². The molecule has 0 heterocycles. The second kappa shape index (κ2) is 5.03. The predicted molar refractivity (Wildman–Crippen MR) is 85.4 cm³/mol. The fourth-order valence-corrected chi connectivity index (χ4v) is 7.76. The number of fused-ring (bicyclic) bond motifs is 9. The summed E-state index contributed by atoms with van der Waals surface area (Å²) >= 11 is 0. The molecular formula is C20H34. The third kappa shape index (κ3) is 1.72. The lowest BCUT2D eigenvalue weighted by atomic mass is 9.61. The molecule has 20 heavy (non-hydrogen) atoms. The molecule has 0 nitrogen and oxygen atoms in total. The van der Waals surface area contributed by atoms with Gasteiger partial charge in [-0.15, -0.1) is 0 Å². The lowest BCUT2D eigenvalue weighted by Gasteiger charge is -2.44. The Morgan fingerprint density at radius 2 is 1.70 bits per heavy atom. The molecule has 4 fully saturated rings. The molecule has 9 unspecified atom stereocenters. The van der Waals surface area contributed by atoms with Crippen molar-refractivity contribution in [3.05, 3.63) is 0 Å². The molecule has 4 rings (SSSR count). The van der Waals surface area contributed by atoms with Crippen molar-refractivity contribution in [3.63, 3.8) is 0 Å². The number of unbranched alkanes of at least 4 members (excludes halogenated alkanes) is 2. The van der Waals surface area contributed by atoms with Gasteiger partial charge in [-0.1, -0.05) is 46.5 Å². The van der Waals surface area contributed by atoms with Gasteiger partial charge in [0.15, 0.2) is 0 Å². The first-order chi connectivity index (χ1) is 9.76. The Balaban J connectivity index is 1.50. The third-order valence-electron chi connectivity index (χ3n) is 8.37. The van der Waals surface area contributed by atoms with Gasteiger partial charge >= 0.3 is 0 Å². The fourth-order valence-electron chi connectivity index (χ4n) is 7.76. The topological polar surface area (TPSA) is 0 Å². The molecule has 114 valence electrons. The maximum absolute atomic E-state index is 2.63. The Bertz CT molecular complexity index is 359. The molecule has 0 aliphatic heterocycles. The Kier molecular flexibility index (Phi) is 3.43. The van der Waals surface area contributed by atoms with Crippen molar-refractivity contribution in [3.8, 4) is 0 Å². The highest BCUT2D eigenvalue weighted by atomic mass is 14.7. The quantitative estimate of drug-likeness (QED) is 0.441. The molecule has 4 bridgehead atoms. The first-order valence-electron chi connectivity index (χ1n) is 9.76. The summed E-state index contributed by atoms with van der Waals surface area (Å²) in [5.74, 6) is 10.3. The Hall–Kier alpha value is 0. The molecule has 4 aliphatic carbocycles. The summed E-state index contributed by atoms with van der Waals surface area (Å²) in [7, 11) is 0. The van der Waals surface area contributed by atoms with Crippen LogP contribution in [0.1, 0.15) is 72.1 Å². The molecule has 4 saturated carbocycles. The van der Waals surface area contributed by atoms with Crippen LogP contribution in [0.3, 0.4) is 0 Å². The van der Waals surface area contributed by atoms with E-state index in [0.29, 0.717) is 0 Å². The maximum atomic E-state index is 2.63. The standard InChI is InChI=1S/C20H34/c1-4-6-7-8-15-12(3)16-11-18(15)20-17-10-14(19(16)20)9-13(17)5-2/h12-20H,4-11H2,1-3H3. The fraction of sp³-hybridized carbons (Fsp3) is 1.00. The van der Waals surface area contributed by atoms with Crippen molar-refractivity contribution in [2.45, 2.75) is 72.1 Å². The third-order valence-corrected chi connectivity index (χ3v) is 8.37. The molecule has 0 spiro atoms. The lowest BCUT2D eigenvalue weighted by molar-refractivity contribution is 0.0350. The van der Waals surface area contributed by atoms with Gasteiger partial charge in [0.1, 0.15) is 0 Å². The van der Waals surface area contributed by atoms with Crippen molar-refractivity contribution in [1.82, 2.24) is 0 Å². The molecule has 0 aromatic heterocycles. The van der Waals surface area contributed by atoms with Gasteiger partial charge in [-0.25, -0.2) is 0 Å². The van der Waals surface area contributed by atoms with E-state index in [2.05, 4.69) is 20.8 Å². The summed E-state index contributed by atoms with van der Waals surface area (Å²) in [6.45, 7) is 7.43. The average molecular weight is 274 g/mol. The van der Waals surface area contributed by atoms with Crippen LogP contribution < -0.4 is 0 Å². The Morgan fingerprint density at radius 3 is 2.45 bits per heavy atom. The van der Waals surface area contributed by atoms with Gasteiger partial charge < -0.3 is 0 Å². The van der Waals surface area contributed by atoms with Gasteiger partial charge in [0.2, 0.25) is 0 Å². The predicted octanol–water partition coefficient (Wildman–Crippen LogP) is 5.77. The molecule has 0 aromatic carbocycles. The van der Waals surface area contributed by atoms with Crippen LogP contribution in [-0.2, 0) is 0 Å². The number of hydrogen-bond acceptors (Lipinski definition) is 0. The maximum Gasteiger partial charge on any atom is -0.0318 e. The van der Waals surface area contributed by atoms with Crippen molar-refractivity contribution in [2.24, 2.45) is 53.3 Å². The van der Waals surface area contributed by atoms with Crippen LogP contribution in [0.15, 0.2) is 0 Å². The zero-order valence-corrected chi connectivity index (χ0v) is 13.9. The molecule has 4 aliphatic rings. The van der Waals surface area contributed by atoms with E-state index in [1.165, 1.54) is 37.5 Å². The van der Waals surface area contributed by atoms with Crippen LogP contribution in [0.4, 0.5) is 0 Å². The van der Waals surface area contributed by atoms with Gasteiger partial charge in [-0.2, -0.15) is 0 Å². The summed E-state index contributed by atoms with van der Waals surface area (Å²) in [6, 6.07) is 0. The van der Waals surface area contributed by atoms with E-state index < -0.39 is 0 Å². The first-order valence-corrected chi connectivity index (χ1v) is 9.76. The van der Waals surface area contributed by atoms with Crippen LogP contribution in [0.2, 0.25) is 0 Å². The molecule has 0 aromatic rings. The van der Waals surface area contributed by atoms with Crippen LogP contribution in [0, 0.1) is 53.3 Å². The van der Waals surface area contributed by atoms with Crippen molar-refractivity contribution in [2.75, 3.05) is 0 Å².